The first-order chi connectivity index (χ1) is 8.88. The van der Waals surface area contributed by atoms with Crippen molar-refractivity contribution in [1.82, 2.24) is 0 Å². The lowest BCUT2D eigenvalue weighted by Gasteiger charge is -2.09. The van der Waals surface area contributed by atoms with Gasteiger partial charge in [0.25, 0.3) is 10.0 Å². The van der Waals surface area contributed by atoms with Crippen LogP contribution in [0, 0.1) is 5.82 Å². The Morgan fingerprint density at radius 1 is 1.16 bits per heavy atom. The van der Waals surface area contributed by atoms with E-state index in [0.29, 0.717) is 10.2 Å². The summed E-state index contributed by atoms with van der Waals surface area (Å²) in [6.45, 7) is 0. The van der Waals surface area contributed by atoms with E-state index in [9.17, 15) is 12.8 Å². The lowest BCUT2D eigenvalue weighted by atomic mass is 10.3. The van der Waals surface area contributed by atoms with Gasteiger partial charge >= 0.3 is 0 Å². The zero-order chi connectivity index (χ0) is 14.0. The summed E-state index contributed by atoms with van der Waals surface area (Å²) in [6.07, 6.45) is 0. The molecule has 0 atom stereocenters. The number of nitrogens with one attached hydrogen (secondary N) is 1. The Labute approximate surface area is 123 Å². The van der Waals surface area contributed by atoms with Crippen molar-refractivity contribution in [3.8, 4) is 0 Å². The van der Waals surface area contributed by atoms with Crippen LogP contribution in [0.4, 0.5) is 10.1 Å². The Kier molecular flexibility index (Phi) is 4.13. The van der Waals surface area contributed by atoms with Crippen LogP contribution in [-0.4, -0.2) is 8.42 Å². The van der Waals surface area contributed by atoms with E-state index in [1.54, 1.807) is 24.3 Å². The first-order valence-electron chi connectivity index (χ1n) is 5.12. The van der Waals surface area contributed by atoms with E-state index in [-0.39, 0.29) is 5.02 Å². The fourth-order valence-corrected chi connectivity index (χ4v) is 3.12. The van der Waals surface area contributed by atoms with Gasteiger partial charge in [-0.1, -0.05) is 33.6 Å². The average molecular weight is 365 g/mol. The molecule has 0 unspecified atom stereocenters. The highest BCUT2D eigenvalue weighted by molar-refractivity contribution is 9.10. The SMILES string of the molecule is O=S(=O)(Nc1cccc(Br)c1)c1ccc(Cl)cc1F. The molecule has 100 valence electrons. The molecule has 2 aromatic rings. The van der Waals surface area contributed by atoms with Crippen molar-refractivity contribution in [1.29, 1.82) is 0 Å². The first-order valence-corrected chi connectivity index (χ1v) is 7.77. The van der Waals surface area contributed by atoms with Gasteiger partial charge in [0, 0.05) is 15.2 Å². The van der Waals surface area contributed by atoms with Crippen molar-refractivity contribution in [3.63, 3.8) is 0 Å². The van der Waals surface area contributed by atoms with E-state index in [1.807, 2.05) is 0 Å². The van der Waals surface area contributed by atoms with Gasteiger partial charge in [0.15, 0.2) is 0 Å². The van der Waals surface area contributed by atoms with Crippen molar-refractivity contribution in [2.24, 2.45) is 0 Å². The maximum atomic E-state index is 13.6. The number of benzene rings is 2. The molecule has 2 aromatic carbocycles. The Morgan fingerprint density at radius 3 is 2.53 bits per heavy atom. The molecule has 0 aromatic heterocycles. The third-order valence-electron chi connectivity index (χ3n) is 2.26. The topological polar surface area (TPSA) is 46.2 Å². The van der Waals surface area contributed by atoms with Crippen LogP contribution in [0.15, 0.2) is 51.8 Å². The molecule has 0 aliphatic carbocycles. The minimum atomic E-state index is -3.98. The van der Waals surface area contributed by atoms with Gasteiger partial charge in [-0.25, -0.2) is 12.8 Å². The zero-order valence-corrected chi connectivity index (χ0v) is 12.6. The van der Waals surface area contributed by atoms with E-state index in [2.05, 4.69) is 20.7 Å². The van der Waals surface area contributed by atoms with Crippen molar-refractivity contribution in [2.45, 2.75) is 4.90 Å². The van der Waals surface area contributed by atoms with E-state index >= 15 is 0 Å². The highest BCUT2D eigenvalue weighted by Gasteiger charge is 2.19. The fraction of sp³-hybridized carbons (Fsp3) is 0. The first kappa shape index (κ1) is 14.3. The Morgan fingerprint density at radius 2 is 1.89 bits per heavy atom. The van der Waals surface area contributed by atoms with Gasteiger partial charge in [-0.05, 0) is 36.4 Å². The van der Waals surface area contributed by atoms with E-state index in [0.717, 1.165) is 12.1 Å². The van der Waals surface area contributed by atoms with Crippen LogP contribution >= 0.6 is 27.5 Å². The molecule has 1 N–H and O–H groups in total. The third-order valence-corrected chi connectivity index (χ3v) is 4.40. The number of hydrogen-bond donors (Lipinski definition) is 1. The van der Waals surface area contributed by atoms with Crippen molar-refractivity contribution in [2.75, 3.05) is 4.72 Å². The minimum absolute atomic E-state index is 0.138. The smallest absolute Gasteiger partial charge is 0.264 e. The zero-order valence-electron chi connectivity index (χ0n) is 9.40. The molecule has 0 fully saturated rings. The number of sulfonamides is 1. The molecule has 2 rings (SSSR count). The number of rotatable bonds is 3. The highest BCUT2D eigenvalue weighted by atomic mass is 79.9. The largest absolute Gasteiger partial charge is 0.280 e. The molecule has 3 nitrogen and oxygen atoms in total. The predicted molar refractivity (Wildman–Crippen MR) is 76.4 cm³/mol. The maximum Gasteiger partial charge on any atom is 0.264 e. The van der Waals surface area contributed by atoms with Gasteiger partial charge in [-0.3, -0.25) is 4.72 Å². The Balaban J connectivity index is 2.38. The van der Waals surface area contributed by atoms with Gasteiger partial charge in [0.2, 0.25) is 0 Å². The van der Waals surface area contributed by atoms with E-state index in [1.165, 1.54) is 6.07 Å². The van der Waals surface area contributed by atoms with Gasteiger partial charge in [-0.15, -0.1) is 0 Å². The molecule has 0 spiro atoms. The van der Waals surface area contributed by atoms with Crippen LogP contribution in [0.2, 0.25) is 5.02 Å². The molecule has 0 heterocycles. The van der Waals surface area contributed by atoms with Crippen LogP contribution in [-0.2, 0) is 10.0 Å². The van der Waals surface area contributed by atoms with Gasteiger partial charge < -0.3 is 0 Å². The molecule has 7 heteroatoms. The normalized spacial score (nSPS) is 11.3. The lowest BCUT2D eigenvalue weighted by molar-refractivity contribution is 0.570. The van der Waals surface area contributed by atoms with Crippen LogP contribution in [0.25, 0.3) is 0 Å². The fourth-order valence-electron chi connectivity index (χ4n) is 1.46. The van der Waals surface area contributed by atoms with Crippen LogP contribution in [0.3, 0.4) is 0 Å². The summed E-state index contributed by atoms with van der Waals surface area (Å²) >= 11 is 8.81. The number of anilines is 1. The third kappa shape index (κ3) is 3.46. The second kappa shape index (κ2) is 5.48. The maximum absolute atomic E-state index is 13.6. The second-order valence-corrected chi connectivity index (χ2v) is 6.69. The summed E-state index contributed by atoms with van der Waals surface area (Å²) < 4.78 is 40.7. The van der Waals surface area contributed by atoms with E-state index < -0.39 is 20.7 Å². The van der Waals surface area contributed by atoms with Crippen molar-refractivity contribution in [3.05, 3.63) is 57.8 Å². The highest BCUT2D eigenvalue weighted by Crippen LogP contribution is 2.23. The predicted octanol–water partition coefficient (Wildman–Crippen LogP) is 4.04. The van der Waals surface area contributed by atoms with Gasteiger partial charge in [0.05, 0.1) is 0 Å². The van der Waals surface area contributed by atoms with Gasteiger partial charge in [0.1, 0.15) is 10.7 Å². The molecule has 0 amide bonds. The summed E-state index contributed by atoms with van der Waals surface area (Å²) in [5.41, 5.74) is 0.337. The molecule has 0 bridgehead atoms. The van der Waals surface area contributed by atoms with Crippen LogP contribution in [0.5, 0.6) is 0 Å². The Bertz CT molecular complexity index is 721. The van der Waals surface area contributed by atoms with Crippen molar-refractivity contribution >= 4 is 43.2 Å². The molecular formula is C12H8BrClFNO2S. The molecular weight excluding hydrogens is 357 g/mol. The molecule has 0 radical (unpaired) electrons. The molecule has 19 heavy (non-hydrogen) atoms. The average Bonchev–Trinajstić information content (AvgIpc) is 2.27. The van der Waals surface area contributed by atoms with Crippen LogP contribution < -0.4 is 4.72 Å². The summed E-state index contributed by atoms with van der Waals surface area (Å²) in [6, 6.07) is 9.96. The van der Waals surface area contributed by atoms with Crippen molar-refractivity contribution < 1.29 is 12.8 Å². The second-order valence-electron chi connectivity index (χ2n) is 3.69. The number of hydrogen-bond acceptors (Lipinski definition) is 2. The summed E-state index contributed by atoms with van der Waals surface area (Å²) in [4.78, 5) is -0.447. The lowest BCUT2D eigenvalue weighted by Crippen LogP contribution is -2.14. The summed E-state index contributed by atoms with van der Waals surface area (Å²) in [5.74, 6) is -0.894. The minimum Gasteiger partial charge on any atom is -0.280 e. The standard InChI is InChI=1S/C12H8BrClFNO2S/c13-8-2-1-3-10(6-8)16-19(17,18)12-5-4-9(14)7-11(12)15/h1-7,16H. The summed E-state index contributed by atoms with van der Waals surface area (Å²) in [7, 11) is -3.98. The summed E-state index contributed by atoms with van der Waals surface area (Å²) in [5, 5.41) is 0.138. The van der Waals surface area contributed by atoms with Crippen LogP contribution in [0.1, 0.15) is 0 Å². The molecule has 0 saturated carbocycles. The number of halogens is 3. The Hall–Kier alpha value is -1.11. The monoisotopic (exact) mass is 363 g/mol. The molecule has 0 saturated heterocycles. The molecule has 0 aliphatic heterocycles. The molecule has 0 aliphatic rings. The quantitative estimate of drug-likeness (QED) is 0.893. The van der Waals surface area contributed by atoms with Gasteiger partial charge in [-0.2, -0.15) is 0 Å². The van der Waals surface area contributed by atoms with E-state index in [4.69, 9.17) is 11.6 Å².